The zero-order valence-corrected chi connectivity index (χ0v) is 32.3. The fourth-order valence-corrected chi connectivity index (χ4v) is 8.79. The van der Waals surface area contributed by atoms with Crippen LogP contribution >= 0.6 is 0 Å². The molecule has 6 aromatic rings. The molecule has 2 N–H and O–H groups in total. The number of nitrogens with zero attached hydrogens (tertiary/aromatic N) is 4. The molecule has 8 bridgehead atoms. The Kier molecular flexibility index (Phi) is 7.74. The Balaban J connectivity index is 1.20. The molecular formula is C54H34N6. The third-order valence-electron chi connectivity index (χ3n) is 11.5. The van der Waals surface area contributed by atoms with E-state index in [1.807, 2.05) is 24.3 Å². The van der Waals surface area contributed by atoms with Gasteiger partial charge in [-0.25, -0.2) is 20.0 Å². The predicted molar refractivity (Wildman–Crippen MR) is 249 cm³/mol. The summed E-state index contributed by atoms with van der Waals surface area (Å²) in [4.78, 5) is 22.1. The molecule has 280 valence electrons. The maximum atomic E-state index is 5.72. The van der Waals surface area contributed by atoms with Crippen molar-refractivity contribution in [3.63, 3.8) is 0 Å². The first kappa shape index (κ1) is 33.9. The van der Waals surface area contributed by atoms with Crippen LogP contribution in [0.25, 0.3) is 33.1 Å². The molecule has 6 aliphatic heterocycles. The van der Waals surface area contributed by atoms with Gasteiger partial charge in [-0.15, -0.1) is 0 Å². The Hall–Kier alpha value is -8.22. The zero-order valence-electron chi connectivity index (χ0n) is 32.3. The van der Waals surface area contributed by atoms with E-state index in [4.69, 9.17) is 20.0 Å². The van der Waals surface area contributed by atoms with Crippen molar-refractivity contribution in [3.05, 3.63) is 251 Å². The second-order valence-corrected chi connectivity index (χ2v) is 15.2. The topological polar surface area (TPSA) is 73.5 Å². The lowest BCUT2D eigenvalue weighted by Crippen LogP contribution is -2.21. The van der Waals surface area contributed by atoms with E-state index in [0.29, 0.717) is 0 Å². The van der Waals surface area contributed by atoms with Gasteiger partial charge in [0.25, 0.3) is 0 Å². The summed E-state index contributed by atoms with van der Waals surface area (Å²) >= 11 is 0. The molecule has 0 atom stereocenters. The Morgan fingerprint density at radius 1 is 0.317 bits per heavy atom. The van der Waals surface area contributed by atoms with Crippen LogP contribution in [0.2, 0.25) is 0 Å². The van der Waals surface area contributed by atoms with Crippen molar-refractivity contribution in [1.29, 1.82) is 0 Å². The summed E-state index contributed by atoms with van der Waals surface area (Å²) in [6.07, 6.45) is 12.7. The van der Waals surface area contributed by atoms with Gasteiger partial charge in [0, 0.05) is 22.3 Å². The van der Waals surface area contributed by atoms with Crippen molar-refractivity contribution in [2.45, 2.75) is 0 Å². The van der Waals surface area contributed by atoms with E-state index in [1.165, 1.54) is 0 Å². The van der Waals surface area contributed by atoms with Gasteiger partial charge in [0.05, 0.1) is 68.4 Å². The molecule has 6 nitrogen and oxygen atoms in total. The van der Waals surface area contributed by atoms with Gasteiger partial charge in [0.1, 0.15) is 0 Å². The third kappa shape index (κ3) is 5.57. The maximum absolute atomic E-state index is 5.72. The van der Waals surface area contributed by atoms with E-state index >= 15 is 0 Å². The van der Waals surface area contributed by atoms with Crippen LogP contribution in [-0.4, -0.2) is 22.8 Å². The van der Waals surface area contributed by atoms with Gasteiger partial charge >= 0.3 is 0 Å². The van der Waals surface area contributed by atoms with Crippen LogP contribution < -0.4 is 10.6 Å². The molecule has 0 saturated carbocycles. The fourth-order valence-electron chi connectivity index (χ4n) is 8.79. The minimum Gasteiger partial charge on any atom is -0.350 e. The second kappa shape index (κ2) is 13.7. The molecule has 60 heavy (non-hydrogen) atoms. The van der Waals surface area contributed by atoms with E-state index in [0.717, 1.165) is 124 Å². The van der Waals surface area contributed by atoms with Crippen molar-refractivity contribution in [2.75, 3.05) is 10.6 Å². The summed E-state index contributed by atoms with van der Waals surface area (Å²) in [5, 5.41) is 10.1. The maximum Gasteiger partial charge on any atom is 0.0995 e. The predicted octanol–water partition coefficient (Wildman–Crippen LogP) is 12.0. The van der Waals surface area contributed by atoms with Gasteiger partial charge in [-0.1, -0.05) is 146 Å². The van der Waals surface area contributed by atoms with E-state index in [-0.39, 0.29) is 0 Å². The summed E-state index contributed by atoms with van der Waals surface area (Å²) in [6, 6.07) is 54.7. The van der Waals surface area contributed by atoms with Crippen LogP contribution in [0.4, 0.5) is 11.4 Å². The second-order valence-electron chi connectivity index (χ2n) is 15.2. The van der Waals surface area contributed by atoms with Gasteiger partial charge in [-0.2, -0.15) is 0 Å². The van der Waals surface area contributed by atoms with Gasteiger partial charge in [-0.3, -0.25) is 0 Å². The first-order chi connectivity index (χ1) is 29.7. The van der Waals surface area contributed by atoms with Crippen LogP contribution in [0.5, 0.6) is 0 Å². The number of allylic oxidation sites excluding steroid dienone is 10. The summed E-state index contributed by atoms with van der Waals surface area (Å²) in [5.41, 5.74) is 18.1. The van der Waals surface area contributed by atoms with E-state index in [9.17, 15) is 0 Å². The number of nitrogens with one attached hydrogen (secondary N) is 2. The minimum atomic E-state index is 0.793. The van der Waals surface area contributed by atoms with Crippen molar-refractivity contribution in [3.8, 4) is 0 Å². The van der Waals surface area contributed by atoms with Gasteiger partial charge in [0.15, 0.2) is 0 Å². The number of aliphatic imine (C=N–C) groups is 4. The van der Waals surface area contributed by atoms with Crippen molar-refractivity contribution >= 4 is 67.3 Å². The first-order valence-electron chi connectivity index (χ1n) is 20.1. The van der Waals surface area contributed by atoms with Crippen molar-refractivity contribution < 1.29 is 0 Å². The highest BCUT2D eigenvalue weighted by atomic mass is 15.1. The summed E-state index contributed by atoms with van der Waals surface area (Å²) in [7, 11) is 0. The van der Waals surface area contributed by atoms with Crippen LogP contribution in [0.1, 0.15) is 22.3 Å². The number of hydrogen-bond acceptors (Lipinski definition) is 6. The number of anilines is 2. The average molecular weight is 767 g/mol. The van der Waals surface area contributed by atoms with Crippen molar-refractivity contribution in [1.82, 2.24) is 0 Å². The van der Waals surface area contributed by atoms with Crippen LogP contribution in [-0.2, 0) is 0 Å². The fraction of sp³-hybridized carbons (Fsp3) is 0. The molecular weight excluding hydrogens is 733 g/mol. The minimum absolute atomic E-state index is 0.793. The number of fused-ring (bicyclic) bond motifs is 8. The number of benzene rings is 6. The van der Waals surface area contributed by atoms with Crippen molar-refractivity contribution in [2.24, 2.45) is 20.0 Å². The SMILES string of the molecule is C1=CC2=C(c3ccccc3)C3=NC(=C(c4ccccc4)C4=NC(=C(c5ccccc5)C5=NC(=C(c6ccccc6)C1=N2)C=C5)C1=C4Nc2cc4ccccc4cc2N1)C=C3. The molecule has 6 heteroatoms. The lowest BCUT2D eigenvalue weighted by molar-refractivity contribution is 1.29. The van der Waals surface area contributed by atoms with Crippen LogP contribution in [0, 0.1) is 0 Å². The van der Waals surface area contributed by atoms with Crippen LogP contribution in [0.3, 0.4) is 0 Å². The molecule has 6 heterocycles. The van der Waals surface area contributed by atoms with E-state index in [2.05, 4.69) is 181 Å². The van der Waals surface area contributed by atoms with Gasteiger partial charge in [-0.05, 0) is 81.6 Å². The van der Waals surface area contributed by atoms with E-state index in [1.54, 1.807) is 0 Å². The molecule has 6 aliphatic rings. The Morgan fingerprint density at radius 3 is 1.15 bits per heavy atom. The largest absolute Gasteiger partial charge is 0.350 e. The van der Waals surface area contributed by atoms with Crippen LogP contribution in [0.15, 0.2) is 248 Å². The molecule has 0 amide bonds. The van der Waals surface area contributed by atoms with Gasteiger partial charge < -0.3 is 10.6 Å². The summed E-state index contributed by atoms with van der Waals surface area (Å²) in [6.45, 7) is 0. The molecule has 0 spiro atoms. The van der Waals surface area contributed by atoms with E-state index < -0.39 is 0 Å². The lowest BCUT2D eigenvalue weighted by Gasteiger charge is -2.25. The monoisotopic (exact) mass is 766 g/mol. The Labute approximate surface area is 347 Å². The molecule has 0 unspecified atom stereocenters. The Bertz CT molecular complexity index is 3240. The molecule has 0 radical (unpaired) electrons. The molecule has 0 saturated heterocycles. The molecule has 0 aromatic heterocycles. The number of rotatable bonds is 4. The zero-order chi connectivity index (χ0) is 39.6. The summed E-state index contributed by atoms with van der Waals surface area (Å²) in [5.74, 6) is 0. The molecule has 6 aromatic carbocycles. The molecule has 0 aliphatic carbocycles. The quantitative estimate of drug-likeness (QED) is 0.187. The normalized spacial score (nSPS) is 17.5. The average Bonchev–Trinajstić information content (AvgIpc) is 4.14. The lowest BCUT2D eigenvalue weighted by atomic mass is 9.94. The van der Waals surface area contributed by atoms with Gasteiger partial charge in [0.2, 0.25) is 0 Å². The highest BCUT2D eigenvalue weighted by molar-refractivity contribution is 6.41. The smallest absolute Gasteiger partial charge is 0.0995 e. The highest BCUT2D eigenvalue weighted by Crippen LogP contribution is 2.46. The highest BCUT2D eigenvalue weighted by Gasteiger charge is 2.36. The number of hydrogen-bond donors (Lipinski definition) is 2. The standard InChI is InChI=1S/C54H34N6/c1-5-15-33(16-6-1)47-39-25-26-40(55-39)48(34-17-7-2-8-18-34)42-28-30-44(57-42)50(36-21-11-4-12-22-36)52-54-53(58-45-31-37-23-13-14-24-38(37)32-46(45)59-54)51(60-52)49(35-19-9-3-10-20-35)43-29-27-41(47)56-43/h1-32,58-59H. The summed E-state index contributed by atoms with van der Waals surface area (Å²) < 4.78 is 0. The Morgan fingerprint density at radius 2 is 0.683 bits per heavy atom. The third-order valence-corrected chi connectivity index (χ3v) is 11.5. The first-order valence-corrected chi connectivity index (χ1v) is 20.1. The molecule has 12 rings (SSSR count). The molecule has 0 fully saturated rings.